The van der Waals surface area contributed by atoms with Crippen molar-refractivity contribution < 1.29 is 9.53 Å². The number of amides is 1. The van der Waals surface area contributed by atoms with Gasteiger partial charge in [0.25, 0.3) is 0 Å². The Hall–Kier alpha value is -2.63. The van der Waals surface area contributed by atoms with Crippen LogP contribution >= 0.6 is 0 Å². The molecule has 2 N–H and O–H groups in total. The first kappa shape index (κ1) is 15.3. The second-order valence-corrected chi connectivity index (χ2v) is 5.66. The van der Waals surface area contributed by atoms with Gasteiger partial charge in [-0.25, -0.2) is 9.97 Å². The van der Waals surface area contributed by atoms with Gasteiger partial charge in [-0.05, 0) is 18.9 Å². The summed E-state index contributed by atoms with van der Waals surface area (Å²) in [6, 6.07) is 11.9. The summed E-state index contributed by atoms with van der Waals surface area (Å²) in [6.45, 7) is 2.45. The Morgan fingerprint density at radius 2 is 2.13 bits per heavy atom. The molecule has 23 heavy (non-hydrogen) atoms. The minimum absolute atomic E-state index is 0.0694. The molecule has 1 aliphatic rings. The van der Waals surface area contributed by atoms with Crippen molar-refractivity contribution in [3.63, 3.8) is 0 Å². The van der Waals surface area contributed by atoms with E-state index in [1.807, 2.05) is 37.3 Å². The molecule has 0 spiro atoms. The average Bonchev–Trinajstić information content (AvgIpc) is 2.57. The SMILES string of the molecule is CC1NC(=O)CCC1Nc1cc(OCc2ccccc2)ncn1. The number of rotatable bonds is 5. The van der Waals surface area contributed by atoms with Gasteiger partial charge in [0.05, 0.1) is 0 Å². The van der Waals surface area contributed by atoms with Crippen molar-refractivity contribution in [2.24, 2.45) is 0 Å². The fourth-order valence-corrected chi connectivity index (χ4v) is 2.58. The molecule has 0 saturated carbocycles. The van der Waals surface area contributed by atoms with E-state index in [0.29, 0.717) is 24.7 Å². The number of hydrogen-bond donors (Lipinski definition) is 2. The largest absolute Gasteiger partial charge is 0.473 e. The van der Waals surface area contributed by atoms with Gasteiger partial charge in [-0.15, -0.1) is 0 Å². The summed E-state index contributed by atoms with van der Waals surface area (Å²) < 4.78 is 5.70. The van der Waals surface area contributed by atoms with Crippen LogP contribution in [0.1, 0.15) is 25.3 Å². The van der Waals surface area contributed by atoms with Gasteiger partial charge < -0.3 is 15.4 Å². The van der Waals surface area contributed by atoms with Crippen LogP contribution < -0.4 is 15.4 Å². The minimum atomic E-state index is 0.0694. The Labute approximate surface area is 135 Å². The van der Waals surface area contributed by atoms with Crippen LogP contribution in [0.3, 0.4) is 0 Å². The maximum Gasteiger partial charge on any atom is 0.220 e. The van der Waals surface area contributed by atoms with E-state index in [1.54, 1.807) is 6.07 Å². The highest BCUT2D eigenvalue weighted by Crippen LogP contribution is 2.18. The van der Waals surface area contributed by atoms with E-state index < -0.39 is 0 Å². The van der Waals surface area contributed by atoms with Crippen LogP contribution in [0.2, 0.25) is 0 Å². The zero-order valence-electron chi connectivity index (χ0n) is 13.0. The van der Waals surface area contributed by atoms with Gasteiger partial charge in [-0.2, -0.15) is 0 Å². The van der Waals surface area contributed by atoms with Crippen LogP contribution in [0.4, 0.5) is 5.82 Å². The van der Waals surface area contributed by atoms with Gasteiger partial charge in [0.2, 0.25) is 11.8 Å². The van der Waals surface area contributed by atoms with Crippen LogP contribution in [0.25, 0.3) is 0 Å². The number of anilines is 1. The molecule has 0 radical (unpaired) electrons. The smallest absolute Gasteiger partial charge is 0.220 e. The Morgan fingerprint density at radius 1 is 1.30 bits per heavy atom. The number of nitrogens with one attached hydrogen (secondary N) is 2. The molecule has 1 amide bonds. The first-order chi connectivity index (χ1) is 11.2. The lowest BCUT2D eigenvalue weighted by atomic mass is 9.99. The predicted molar refractivity (Wildman–Crippen MR) is 87.1 cm³/mol. The number of ether oxygens (including phenoxy) is 1. The molecule has 1 aliphatic heterocycles. The normalized spacial score (nSPS) is 20.7. The van der Waals surface area contributed by atoms with Crippen LogP contribution in [0.15, 0.2) is 42.7 Å². The first-order valence-corrected chi connectivity index (χ1v) is 7.75. The molecular weight excluding hydrogens is 292 g/mol. The van der Waals surface area contributed by atoms with E-state index in [1.165, 1.54) is 6.33 Å². The van der Waals surface area contributed by atoms with Crippen LogP contribution in [0, 0.1) is 0 Å². The van der Waals surface area contributed by atoms with Gasteiger partial charge in [-0.1, -0.05) is 30.3 Å². The number of aromatic nitrogens is 2. The third kappa shape index (κ3) is 4.18. The number of carbonyl (C=O) groups excluding carboxylic acids is 1. The lowest BCUT2D eigenvalue weighted by Gasteiger charge is -2.30. The maximum absolute atomic E-state index is 11.4. The monoisotopic (exact) mass is 312 g/mol. The van der Waals surface area contributed by atoms with Gasteiger partial charge in [-0.3, -0.25) is 4.79 Å². The summed E-state index contributed by atoms with van der Waals surface area (Å²) in [6.07, 6.45) is 2.80. The molecule has 0 aliphatic carbocycles. The van der Waals surface area contributed by atoms with Gasteiger partial charge >= 0.3 is 0 Å². The predicted octanol–water partition coefficient (Wildman–Crippen LogP) is 2.13. The average molecular weight is 312 g/mol. The van der Waals surface area contributed by atoms with Gasteiger partial charge in [0, 0.05) is 24.6 Å². The molecule has 6 nitrogen and oxygen atoms in total. The molecule has 1 saturated heterocycles. The Kier molecular flexibility index (Phi) is 4.71. The third-order valence-electron chi connectivity index (χ3n) is 3.88. The minimum Gasteiger partial charge on any atom is -0.473 e. The summed E-state index contributed by atoms with van der Waals surface area (Å²) in [5.74, 6) is 1.33. The molecule has 2 atom stereocenters. The van der Waals surface area contributed by atoms with E-state index in [0.717, 1.165) is 12.0 Å². The highest BCUT2D eigenvalue weighted by Gasteiger charge is 2.25. The van der Waals surface area contributed by atoms with Crippen molar-refractivity contribution in [1.29, 1.82) is 0 Å². The number of hydrogen-bond acceptors (Lipinski definition) is 5. The molecule has 3 rings (SSSR count). The lowest BCUT2D eigenvalue weighted by molar-refractivity contribution is -0.123. The zero-order valence-corrected chi connectivity index (χ0v) is 13.0. The van der Waals surface area contributed by atoms with E-state index in [9.17, 15) is 4.79 Å². The molecule has 1 fully saturated rings. The molecule has 2 heterocycles. The zero-order chi connectivity index (χ0) is 16.1. The summed E-state index contributed by atoms with van der Waals surface area (Å²) in [4.78, 5) is 19.7. The number of nitrogens with zero attached hydrogens (tertiary/aromatic N) is 2. The highest BCUT2D eigenvalue weighted by molar-refractivity contribution is 5.77. The number of carbonyl (C=O) groups is 1. The molecule has 0 bridgehead atoms. The van der Waals surface area contributed by atoms with E-state index in [4.69, 9.17) is 4.74 Å². The third-order valence-corrected chi connectivity index (χ3v) is 3.88. The topological polar surface area (TPSA) is 76.1 Å². The summed E-state index contributed by atoms with van der Waals surface area (Å²) in [5.41, 5.74) is 1.09. The standard InChI is InChI=1S/C17H20N4O2/c1-12-14(7-8-16(22)20-12)21-15-9-17(19-11-18-15)23-10-13-5-3-2-4-6-13/h2-6,9,11-12,14H,7-8,10H2,1H3,(H,20,22)(H,18,19,21). The summed E-state index contributed by atoms with van der Waals surface area (Å²) in [7, 11) is 0. The van der Waals surface area contributed by atoms with Gasteiger partial charge in [0.15, 0.2) is 0 Å². The Bertz CT molecular complexity index is 663. The quantitative estimate of drug-likeness (QED) is 0.884. The molecule has 2 aromatic rings. The molecule has 2 unspecified atom stereocenters. The lowest BCUT2D eigenvalue weighted by Crippen LogP contribution is -2.49. The Morgan fingerprint density at radius 3 is 2.91 bits per heavy atom. The van der Waals surface area contributed by atoms with Crippen molar-refractivity contribution in [3.05, 3.63) is 48.3 Å². The summed E-state index contributed by atoms with van der Waals surface area (Å²) >= 11 is 0. The van der Waals surface area contributed by atoms with E-state index in [-0.39, 0.29) is 18.0 Å². The molecule has 1 aromatic carbocycles. The second kappa shape index (κ2) is 7.09. The van der Waals surface area contributed by atoms with Crippen LogP contribution in [0.5, 0.6) is 5.88 Å². The Balaban J connectivity index is 1.60. The molecule has 6 heteroatoms. The van der Waals surface area contributed by atoms with Crippen LogP contribution in [-0.4, -0.2) is 28.0 Å². The van der Waals surface area contributed by atoms with Crippen molar-refractivity contribution >= 4 is 11.7 Å². The van der Waals surface area contributed by atoms with Crippen LogP contribution in [-0.2, 0) is 11.4 Å². The fourth-order valence-electron chi connectivity index (χ4n) is 2.58. The van der Waals surface area contributed by atoms with Crippen molar-refractivity contribution in [2.45, 2.75) is 38.5 Å². The fraction of sp³-hybridized carbons (Fsp3) is 0.353. The van der Waals surface area contributed by atoms with E-state index >= 15 is 0 Å². The van der Waals surface area contributed by atoms with Gasteiger partial charge in [0.1, 0.15) is 18.8 Å². The second-order valence-electron chi connectivity index (χ2n) is 5.66. The van der Waals surface area contributed by atoms with Crippen molar-refractivity contribution in [2.75, 3.05) is 5.32 Å². The maximum atomic E-state index is 11.4. The highest BCUT2D eigenvalue weighted by atomic mass is 16.5. The number of piperidine rings is 1. The first-order valence-electron chi connectivity index (χ1n) is 7.75. The molecular formula is C17H20N4O2. The molecule has 120 valence electrons. The van der Waals surface area contributed by atoms with E-state index in [2.05, 4.69) is 20.6 Å². The van der Waals surface area contributed by atoms with Crippen molar-refractivity contribution in [1.82, 2.24) is 15.3 Å². The number of benzene rings is 1. The van der Waals surface area contributed by atoms with Crippen molar-refractivity contribution in [3.8, 4) is 5.88 Å². The summed E-state index contributed by atoms with van der Waals surface area (Å²) in [5, 5.41) is 6.28. The molecule has 1 aromatic heterocycles.